The molecule has 0 aliphatic carbocycles. The Bertz CT molecular complexity index is 1300. The maximum absolute atomic E-state index is 12.7. The van der Waals surface area contributed by atoms with Gasteiger partial charge in [-0.1, -0.05) is 78.1 Å². The number of aliphatic imine (C=N–C) groups is 1. The van der Waals surface area contributed by atoms with Crippen molar-refractivity contribution in [3.8, 4) is 23.0 Å². The molecular formula is C40H55NO5. The molecule has 3 aromatic rings. The van der Waals surface area contributed by atoms with Gasteiger partial charge in [-0.05, 0) is 100 Å². The van der Waals surface area contributed by atoms with Gasteiger partial charge in [0.15, 0.2) is 0 Å². The molecule has 0 fully saturated rings. The fourth-order valence-electron chi connectivity index (χ4n) is 5.29. The molecule has 0 amide bonds. The van der Waals surface area contributed by atoms with Crippen LogP contribution < -0.4 is 14.2 Å². The van der Waals surface area contributed by atoms with E-state index in [-0.39, 0.29) is 23.7 Å². The summed E-state index contributed by atoms with van der Waals surface area (Å²) >= 11 is 0. The van der Waals surface area contributed by atoms with Gasteiger partial charge in [0, 0.05) is 17.8 Å². The first-order chi connectivity index (χ1) is 22.4. The van der Waals surface area contributed by atoms with Gasteiger partial charge in [-0.3, -0.25) is 4.99 Å². The van der Waals surface area contributed by atoms with Crippen LogP contribution in [0.5, 0.6) is 23.0 Å². The third kappa shape index (κ3) is 14.1. The van der Waals surface area contributed by atoms with Crippen LogP contribution >= 0.6 is 0 Å². The van der Waals surface area contributed by atoms with Crippen molar-refractivity contribution in [1.29, 1.82) is 0 Å². The van der Waals surface area contributed by atoms with Gasteiger partial charge in [-0.2, -0.15) is 0 Å². The number of rotatable bonds is 22. The first-order valence-corrected chi connectivity index (χ1v) is 17.5. The minimum absolute atomic E-state index is 0.0277. The van der Waals surface area contributed by atoms with E-state index >= 15 is 0 Å². The zero-order valence-corrected chi connectivity index (χ0v) is 28.5. The van der Waals surface area contributed by atoms with E-state index in [1.165, 1.54) is 76.7 Å². The minimum Gasteiger partial charge on any atom is -0.507 e. The second-order valence-electron chi connectivity index (χ2n) is 12.4. The van der Waals surface area contributed by atoms with Gasteiger partial charge >= 0.3 is 5.97 Å². The first-order valence-electron chi connectivity index (χ1n) is 17.5. The Hall–Kier alpha value is -3.80. The summed E-state index contributed by atoms with van der Waals surface area (Å²) in [7, 11) is 0. The summed E-state index contributed by atoms with van der Waals surface area (Å²) in [6, 6.07) is 19.3. The molecule has 3 aromatic carbocycles. The van der Waals surface area contributed by atoms with Crippen molar-refractivity contribution in [1.82, 2.24) is 0 Å². The molecule has 0 spiro atoms. The van der Waals surface area contributed by atoms with E-state index in [4.69, 9.17) is 14.2 Å². The number of carbonyl (C=O) groups excluding carboxylic acids is 1. The standard InChI is InChI=1S/C40H55NO5/c1-5-7-9-11-12-13-14-16-18-32(4)44-36-24-19-33(20-25-36)40(43)46-38-26-21-34(39(42)29-38)30-41-35-22-27-37(28-23-35)45-31(3)17-15-10-8-6-2/h19-32,42H,5-18H2,1-4H3/t31-,32-/m1/s1. The topological polar surface area (TPSA) is 77.4 Å². The highest BCUT2D eigenvalue weighted by atomic mass is 16.5. The number of unbranched alkanes of at least 4 members (excludes halogenated alkanes) is 10. The molecule has 0 radical (unpaired) electrons. The third-order valence-electron chi connectivity index (χ3n) is 8.09. The number of carbonyl (C=O) groups is 1. The number of esters is 1. The van der Waals surface area contributed by atoms with Crippen LogP contribution in [0.1, 0.15) is 134 Å². The Labute approximate surface area is 277 Å². The molecule has 0 bridgehead atoms. The molecule has 0 aromatic heterocycles. The number of nitrogens with zero attached hydrogens (tertiary/aromatic N) is 1. The molecule has 3 rings (SSSR count). The Morgan fingerprint density at radius 2 is 1.15 bits per heavy atom. The number of ether oxygens (including phenoxy) is 3. The van der Waals surface area contributed by atoms with Crippen molar-refractivity contribution < 1.29 is 24.1 Å². The first kappa shape index (κ1) is 36.7. The van der Waals surface area contributed by atoms with Crippen LogP contribution in [0.15, 0.2) is 71.7 Å². The van der Waals surface area contributed by atoms with Crippen LogP contribution in [0.3, 0.4) is 0 Å². The van der Waals surface area contributed by atoms with Crippen molar-refractivity contribution in [2.45, 2.75) is 130 Å². The zero-order chi connectivity index (χ0) is 33.0. The van der Waals surface area contributed by atoms with Crippen molar-refractivity contribution >= 4 is 17.9 Å². The SMILES string of the molecule is CCCCCCCCCC[C@@H](C)Oc1ccc(C(=O)Oc2ccc(C=Nc3ccc(O[C@H](C)CCCCCC)cc3)c(O)c2)cc1. The highest BCUT2D eigenvalue weighted by Crippen LogP contribution is 2.26. The van der Waals surface area contributed by atoms with Crippen molar-refractivity contribution in [3.63, 3.8) is 0 Å². The predicted octanol–water partition coefficient (Wildman–Crippen LogP) is 11.4. The second kappa shape index (κ2) is 21.1. The molecule has 0 saturated heterocycles. The summed E-state index contributed by atoms with van der Waals surface area (Å²) in [5.74, 6) is 1.28. The Balaban J connectivity index is 1.42. The molecule has 0 saturated carbocycles. The summed E-state index contributed by atoms with van der Waals surface area (Å²) in [5, 5.41) is 10.5. The van der Waals surface area contributed by atoms with Crippen LogP contribution in [-0.4, -0.2) is 29.5 Å². The zero-order valence-electron chi connectivity index (χ0n) is 28.5. The van der Waals surface area contributed by atoms with Crippen LogP contribution in [0.4, 0.5) is 5.69 Å². The average molecular weight is 630 g/mol. The average Bonchev–Trinajstić information content (AvgIpc) is 3.05. The predicted molar refractivity (Wildman–Crippen MR) is 189 cm³/mol. The largest absolute Gasteiger partial charge is 0.507 e. The summed E-state index contributed by atoms with van der Waals surface area (Å²) in [6.07, 6.45) is 19.3. The molecule has 0 unspecified atom stereocenters. The van der Waals surface area contributed by atoms with Crippen molar-refractivity contribution in [3.05, 3.63) is 77.9 Å². The maximum Gasteiger partial charge on any atom is 0.343 e. The van der Waals surface area contributed by atoms with E-state index in [0.717, 1.165) is 36.4 Å². The lowest BCUT2D eigenvalue weighted by Crippen LogP contribution is -2.12. The van der Waals surface area contributed by atoms with Crippen LogP contribution in [-0.2, 0) is 0 Å². The second-order valence-corrected chi connectivity index (χ2v) is 12.4. The summed E-state index contributed by atoms with van der Waals surface area (Å²) in [4.78, 5) is 17.2. The number of aromatic hydroxyl groups is 1. The molecule has 250 valence electrons. The molecular weight excluding hydrogens is 574 g/mol. The normalized spacial score (nSPS) is 12.6. The monoisotopic (exact) mass is 629 g/mol. The van der Waals surface area contributed by atoms with Crippen molar-refractivity contribution in [2.75, 3.05) is 0 Å². The van der Waals surface area contributed by atoms with Crippen LogP contribution in [0.2, 0.25) is 0 Å². The summed E-state index contributed by atoms with van der Waals surface area (Å²) in [5.41, 5.74) is 1.67. The Morgan fingerprint density at radius 1 is 0.674 bits per heavy atom. The van der Waals surface area contributed by atoms with E-state index < -0.39 is 5.97 Å². The molecule has 0 aliphatic heterocycles. The summed E-state index contributed by atoms with van der Waals surface area (Å²) < 4.78 is 17.6. The van der Waals surface area contributed by atoms with Crippen molar-refractivity contribution in [2.24, 2.45) is 4.99 Å². The molecule has 46 heavy (non-hydrogen) atoms. The maximum atomic E-state index is 12.7. The van der Waals surface area contributed by atoms with Gasteiger partial charge < -0.3 is 19.3 Å². The lowest BCUT2D eigenvalue weighted by Gasteiger charge is -2.15. The number of hydrogen-bond acceptors (Lipinski definition) is 6. The van der Waals surface area contributed by atoms with E-state index in [0.29, 0.717) is 11.1 Å². The fourth-order valence-corrected chi connectivity index (χ4v) is 5.29. The number of hydrogen-bond donors (Lipinski definition) is 1. The lowest BCUT2D eigenvalue weighted by molar-refractivity contribution is 0.0734. The molecule has 0 heterocycles. The fraction of sp³-hybridized carbons (Fsp3) is 0.500. The van der Waals surface area contributed by atoms with Crippen LogP contribution in [0.25, 0.3) is 0 Å². The highest BCUT2D eigenvalue weighted by molar-refractivity contribution is 5.91. The molecule has 1 N–H and O–H groups in total. The van der Waals surface area contributed by atoms with Gasteiger partial charge in [0.25, 0.3) is 0 Å². The van der Waals surface area contributed by atoms with E-state index in [1.54, 1.807) is 42.6 Å². The minimum atomic E-state index is -0.503. The van der Waals surface area contributed by atoms with Gasteiger partial charge in [-0.15, -0.1) is 0 Å². The van der Waals surface area contributed by atoms with Crippen LogP contribution in [0, 0.1) is 0 Å². The molecule has 0 aliphatic rings. The van der Waals surface area contributed by atoms with E-state index in [9.17, 15) is 9.90 Å². The summed E-state index contributed by atoms with van der Waals surface area (Å²) in [6.45, 7) is 8.66. The van der Waals surface area contributed by atoms with Gasteiger partial charge in [0.05, 0.1) is 23.5 Å². The number of benzene rings is 3. The quantitative estimate of drug-likeness (QED) is 0.0518. The van der Waals surface area contributed by atoms with Gasteiger partial charge in [0.1, 0.15) is 23.0 Å². The number of phenolic OH excluding ortho intramolecular Hbond substituents is 1. The lowest BCUT2D eigenvalue weighted by atomic mass is 10.1. The molecule has 2 atom stereocenters. The van der Waals surface area contributed by atoms with Gasteiger partial charge in [0.2, 0.25) is 0 Å². The van der Waals surface area contributed by atoms with E-state index in [2.05, 4.69) is 32.7 Å². The highest BCUT2D eigenvalue weighted by Gasteiger charge is 2.12. The smallest absolute Gasteiger partial charge is 0.343 e. The molecule has 6 heteroatoms. The van der Waals surface area contributed by atoms with E-state index in [1.807, 2.05) is 24.3 Å². The Morgan fingerprint density at radius 3 is 1.70 bits per heavy atom. The number of phenols is 1. The Kier molecular flexibility index (Phi) is 16.8. The molecule has 6 nitrogen and oxygen atoms in total. The van der Waals surface area contributed by atoms with Gasteiger partial charge in [-0.25, -0.2) is 4.79 Å². The third-order valence-corrected chi connectivity index (χ3v) is 8.09.